The number of benzene rings is 3. The molecule has 186 valence electrons. The summed E-state index contributed by atoms with van der Waals surface area (Å²) < 4.78 is 5.82. The molecule has 0 saturated carbocycles. The molecule has 4 rings (SSSR count). The molecule has 1 fully saturated rings. The van der Waals surface area contributed by atoms with Crippen LogP contribution in [0.2, 0.25) is 10.0 Å². The first-order valence-corrected chi connectivity index (χ1v) is 12.1. The van der Waals surface area contributed by atoms with Gasteiger partial charge in [-0.25, -0.2) is 0 Å². The fraction of sp³-hybridized carbons (Fsp3) is 0.214. The van der Waals surface area contributed by atoms with Crippen molar-refractivity contribution in [2.24, 2.45) is 5.92 Å². The molecule has 3 aromatic carbocycles. The molecule has 3 aromatic rings. The maximum Gasteiger partial charge on any atom is 0.300 e. The van der Waals surface area contributed by atoms with Gasteiger partial charge in [0.15, 0.2) is 0 Å². The minimum Gasteiger partial charge on any atom is -0.508 e. The van der Waals surface area contributed by atoms with Crippen LogP contribution in [-0.2, 0) is 9.59 Å². The molecule has 1 aliphatic rings. The normalized spacial score (nSPS) is 17.2. The Labute approximate surface area is 219 Å². The number of aliphatic hydroxyl groups is 1. The summed E-state index contributed by atoms with van der Waals surface area (Å²) in [4.78, 5) is 27.8. The largest absolute Gasteiger partial charge is 0.508 e. The molecule has 0 spiro atoms. The van der Waals surface area contributed by atoms with Crippen molar-refractivity contribution in [2.45, 2.75) is 26.8 Å². The zero-order valence-corrected chi connectivity index (χ0v) is 21.5. The molecule has 0 aromatic heterocycles. The standard InChI is InChI=1S/C28H25Cl2NO5/c1-15(2)14-36-23-8-7-18(9-16(23)3)26(33)24-25(17-5-4-6-22(32)10-17)31(28(35)27(24)34)21-12-19(29)11-20(30)13-21/h4-13,15,25,32-33H,14H2,1-3H3/b26-24+. The molecule has 1 heterocycles. The number of aliphatic hydroxyl groups excluding tert-OH is 1. The van der Waals surface area contributed by atoms with Gasteiger partial charge >= 0.3 is 0 Å². The number of Topliss-reactive ketones (excluding diaryl/α,β-unsaturated/α-hetero) is 1. The van der Waals surface area contributed by atoms with E-state index >= 15 is 0 Å². The number of nitrogens with zero attached hydrogens (tertiary/aromatic N) is 1. The van der Waals surface area contributed by atoms with E-state index in [1.165, 1.54) is 35.2 Å². The number of phenols is 1. The fourth-order valence-corrected chi connectivity index (χ4v) is 4.67. The molecule has 2 N–H and O–H groups in total. The van der Waals surface area contributed by atoms with Crippen LogP contribution in [0.3, 0.4) is 0 Å². The number of carbonyl (C=O) groups is 2. The SMILES string of the molecule is Cc1cc(/C(O)=C2\C(=O)C(=O)N(c3cc(Cl)cc(Cl)c3)C2c2cccc(O)c2)ccc1OCC(C)C. The van der Waals surface area contributed by atoms with Crippen molar-refractivity contribution < 1.29 is 24.5 Å². The van der Waals surface area contributed by atoms with Crippen molar-refractivity contribution in [1.82, 2.24) is 0 Å². The third-order valence-corrected chi connectivity index (χ3v) is 6.21. The highest BCUT2D eigenvalue weighted by Crippen LogP contribution is 2.44. The molecular weight excluding hydrogens is 501 g/mol. The summed E-state index contributed by atoms with van der Waals surface area (Å²) in [5.74, 6) is -1.10. The van der Waals surface area contributed by atoms with Crippen molar-refractivity contribution in [3.8, 4) is 11.5 Å². The minimum atomic E-state index is -1.02. The minimum absolute atomic E-state index is 0.0512. The van der Waals surface area contributed by atoms with Crippen LogP contribution >= 0.6 is 23.2 Å². The van der Waals surface area contributed by atoms with E-state index in [1.54, 1.807) is 30.3 Å². The fourth-order valence-electron chi connectivity index (χ4n) is 4.16. The first-order chi connectivity index (χ1) is 17.1. The van der Waals surface area contributed by atoms with Gasteiger partial charge < -0.3 is 14.9 Å². The predicted octanol–water partition coefficient (Wildman–Crippen LogP) is 6.67. The molecule has 1 saturated heterocycles. The van der Waals surface area contributed by atoms with Gasteiger partial charge in [-0.2, -0.15) is 0 Å². The van der Waals surface area contributed by atoms with E-state index in [4.69, 9.17) is 27.9 Å². The molecule has 1 aliphatic heterocycles. The Balaban J connectivity index is 1.88. The first-order valence-electron chi connectivity index (χ1n) is 11.4. The maximum atomic E-state index is 13.3. The van der Waals surface area contributed by atoms with E-state index in [-0.39, 0.29) is 32.8 Å². The number of aryl methyl sites for hydroxylation is 1. The van der Waals surface area contributed by atoms with Gasteiger partial charge in [0.2, 0.25) is 0 Å². The van der Waals surface area contributed by atoms with Crippen LogP contribution in [0.5, 0.6) is 11.5 Å². The van der Waals surface area contributed by atoms with Gasteiger partial charge in [0, 0.05) is 21.3 Å². The van der Waals surface area contributed by atoms with Crippen LogP contribution in [0.1, 0.15) is 36.6 Å². The number of phenolic OH excluding ortho intramolecular Hbond substituents is 1. The van der Waals surface area contributed by atoms with Gasteiger partial charge in [-0.05, 0) is 72.5 Å². The Hall–Kier alpha value is -3.48. The summed E-state index contributed by atoms with van der Waals surface area (Å²) >= 11 is 12.4. The second-order valence-corrected chi connectivity index (χ2v) is 9.95. The van der Waals surface area contributed by atoms with Crippen molar-refractivity contribution >= 4 is 46.3 Å². The summed E-state index contributed by atoms with van der Waals surface area (Å²) in [5, 5.41) is 22.0. The van der Waals surface area contributed by atoms with Crippen molar-refractivity contribution in [3.05, 3.63) is 93.0 Å². The van der Waals surface area contributed by atoms with Crippen LogP contribution in [0.25, 0.3) is 5.76 Å². The number of ether oxygens (including phenoxy) is 1. The topological polar surface area (TPSA) is 87.1 Å². The Kier molecular flexibility index (Phi) is 7.29. The lowest BCUT2D eigenvalue weighted by molar-refractivity contribution is -0.132. The number of amides is 1. The Bertz CT molecular complexity index is 1360. The van der Waals surface area contributed by atoms with Crippen LogP contribution < -0.4 is 9.64 Å². The molecule has 1 atom stereocenters. The number of hydrogen-bond donors (Lipinski definition) is 2. The zero-order chi connectivity index (χ0) is 26.1. The molecule has 0 aliphatic carbocycles. The molecule has 8 heteroatoms. The van der Waals surface area contributed by atoms with Crippen LogP contribution in [0.4, 0.5) is 5.69 Å². The molecule has 6 nitrogen and oxygen atoms in total. The Morgan fingerprint density at radius 2 is 1.72 bits per heavy atom. The number of ketones is 1. The third-order valence-electron chi connectivity index (χ3n) is 5.78. The van der Waals surface area contributed by atoms with Crippen LogP contribution in [0, 0.1) is 12.8 Å². The second-order valence-electron chi connectivity index (χ2n) is 9.08. The quantitative estimate of drug-likeness (QED) is 0.213. The van der Waals surface area contributed by atoms with E-state index in [9.17, 15) is 19.8 Å². The zero-order valence-electron chi connectivity index (χ0n) is 20.0. The molecule has 0 radical (unpaired) electrons. The van der Waals surface area contributed by atoms with E-state index in [0.29, 0.717) is 29.4 Å². The maximum absolute atomic E-state index is 13.3. The van der Waals surface area contributed by atoms with Gasteiger partial charge in [0.05, 0.1) is 18.2 Å². The van der Waals surface area contributed by atoms with Crippen molar-refractivity contribution in [3.63, 3.8) is 0 Å². The van der Waals surface area contributed by atoms with Gasteiger partial charge in [0.25, 0.3) is 11.7 Å². The lowest BCUT2D eigenvalue weighted by atomic mass is 9.94. The molecule has 36 heavy (non-hydrogen) atoms. The summed E-state index contributed by atoms with van der Waals surface area (Å²) in [6.45, 7) is 6.47. The lowest BCUT2D eigenvalue weighted by Gasteiger charge is -2.26. The van der Waals surface area contributed by atoms with Crippen molar-refractivity contribution in [1.29, 1.82) is 0 Å². The van der Waals surface area contributed by atoms with E-state index in [2.05, 4.69) is 0 Å². The van der Waals surface area contributed by atoms with E-state index in [1.807, 2.05) is 20.8 Å². The Morgan fingerprint density at radius 1 is 1.03 bits per heavy atom. The third kappa shape index (κ3) is 5.06. The number of rotatable bonds is 6. The summed E-state index contributed by atoms with van der Waals surface area (Å²) in [5.41, 5.74) is 1.73. The van der Waals surface area contributed by atoms with Gasteiger partial charge in [-0.15, -0.1) is 0 Å². The highest BCUT2D eigenvalue weighted by Gasteiger charge is 2.47. The van der Waals surface area contributed by atoms with Gasteiger partial charge in [-0.3, -0.25) is 14.5 Å². The monoisotopic (exact) mass is 525 g/mol. The van der Waals surface area contributed by atoms with E-state index in [0.717, 1.165) is 5.56 Å². The smallest absolute Gasteiger partial charge is 0.300 e. The molecular formula is C28H25Cl2NO5. The highest BCUT2D eigenvalue weighted by atomic mass is 35.5. The summed E-state index contributed by atoms with van der Waals surface area (Å²) in [6, 6.07) is 14.8. The second kappa shape index (κ2) is 10.2. The first kappa shape index (κ1) is 25.6. The number of carbonyl (C=O) groups excluding carboxylic acids is 2. The summed E-state index contributed by atoms with van der Waals surface area (Å²) in [7, 11) is 0. The number of hydrogen-bond acceptors (Lipinski definition) is 5. The predicted molar refractivity (Wildman–Crippen MR) is 141 cm³/mol. The number of aromatic hydroxyl groups is 1. The van der Waals surface area contributed by atoms with Crippen molar-refractivity contribution in [2.75, 3.05) is 11.5 Å². The number of anilines is 1. The number of halogens is 2. The Morgan fingerprint density at radius 3 is 2.33 bits per heavy atom. The average molecular weight is 526 g/mol. The van der Waals surface area contributed by atoms with Crippen LogP contribution in [-0.4, -0.2) is 28.5 Å². The molecule has 1 unspecified atom stereocenters. The van der Waals surface area contributed by atoms with Gasteiger partial charge in [-0.1, -0.05) is 49.2 Å². The average Bonchev–Trinajstić information content (AvgIpc) is 3.07. The highest BCUT2D eigenvalue weighted by molar-refractivity contribution is 6.52. The summed E-state index contributed by atoms with van der Waals surface area (Å²) in [6.07, 6.45) is 0. The van der Waals surface area contributed by atoms with E-state index < -0.39 is 17.7 Å². The molecule has 0 bridgehead atoms. The van der Waals surface area contributed by atoms with Gasteiger partial charge in [0.1, 0.15) is 17.3 Å². The molecule has 1 amide bonds. The van der Waals surface area contributed by atoms with Crippen LogP contribution in [0.15, 0.2) is 66.2 Å². The lowest BCUT2D eigenvalue weighted by Crippen LogP contribution is -2.29.